The second kappa shape index (κ2) is 6.96. The number of nitrogens with zero attached hydrogens (tertiary/aromatic N) is 2. The van der Waals surface area contributed by atoms with E-state index < -0.39 is 0 Å². The molecule has 2 aliphatic heterocycles. The average Bonchev–Trinajstić information content (AvgIpc) is 2.78. The summed E-state index contributed by atoms with van der Waals surface area (Å²) in [7, 11) is 0. The maximum atomic E-state index is 6.05. The molecule has 3 nitrogen and oxygen atoms in total. The molecule has 1 saturated heterocycles. The smallest absolute Gasteiger partial charge is 0.0443 e. The van der Waals surface area contributed by atoms with Gasteiger partial charge in [0.25, 0.3) is 0 Å². The van der Waals surface area contributed by atoms with Gasteiger partial charge in [-0.3, -0.25) is 0 Å². The molecule has 0 amide bonds. The molecule has 0 saturated carbocycles. The molecule has 1 fully saturated rings. The molecule has 0 atom stereocenters. The Kier molecular flexibility index (Phi) is 4.54. The Labute approximate surface area is 145 Å². The topological polar surface area (TPSA) is 32.5 Å². The third kappa shape index (κ3) is 3.19. The van der Waals surface area contributed by atoms with Gasteiger partial charge in [0.05, 0.1) is 0 Å². The summed E-state index contributed by atoms with van der Waals surface area (Å²) >= 11 is 0. The molecule has 126 valence electrons. The molecule has 0 spiro atoms. The summed E-state index contributed by atoms with van der Waals surface area (Å²) in [5, 5.41) is 0. The van der Waals surface area contributed by atoms with Crippen LogP contribution in [0.25, 0.3) is 0 Å². The summed E-state index contributed by atoms with van der Waals surface area (Å²) in [4.78, 5) is 5.10. The standard InChI is InChI=1S/C21H27N3/c22-19-11-13-23(14-12-19)15-16-24-20-7-3-1-5-17(20)9-10-18-6-2-4-8-21(18)24/h1-8,19H,9-16,22H2. The van der Waals surface area contributed by atoms with Crippen LogP contribution in [0, 0.1) is 0 Å². The van der Waals surface area contributed by atoms with Gasteiger partial charge in [-0.25, -0.2) is 0 Å². The number of hydrogen-bond donors (Lipinski definition) is 1. The number of rotatable bonds is 3. The fraction of sp³-hybridized carbons (Fsp3) is 0.429. The van der Waals surface area contributed by atoms with E-state index in [-0.39, 0.29) is 0 Å². The first-order valence-corrected chi connectivity index (χ1v) is 9.22. The first kappa shape index (κ1) is 15.7. The molecule has 24 heavy (non-hydrogen) atoms. The maximum Gasteiger partial charge on any atom is 0.0443 e. The minimum atomic E-state index is 0.404. The second-order valence-corrected chi connectivity index (χ2v) is 7.09. The lowest BCUT2D eigenvalue weighted by atomic mass is 10.0. The van der Waals surface area contributed by atoms with Crippen molar-refractivity contribution in [2.45, 2.75) is 31.7 Å². The van der Waals surface area contributed by atoms with Crippen molar-refractivity contribution in [1.29, 1.82) is 0 Å². The molecule has 2 aromatic carbocycles. The minimum Gasteiger partial charge on any atom is -0.340 e. The van der Waals surface area contributed by atoms with Crippen LogP contribution < -0.4 is 10.6 Å². The highest BCUT2D eigenvalue weighted by Gasteiger charge is 2.22. The average molecular weight is 321 g/mol. The van der Waals surface area contributed by atoms with Gasteiger partial charge in [-0.2, -0.15) is 0 Å². The van der Waals surface area contributed by atoms with Gasteiger partial charge < -0.3 is 15.5 Å². The van der Waals surface area contributed by atoms with Crippen LogP contribution in [0.15, 0.2) is 48.5 Å². The van der Waals surface area contributed by atoms with Crippen LogP contribution in [0.1, 0.15) is 24.0 Å². The molecule has 2 N–H and O–H groups in total. The quantitative estimate of drug-likeness (QED) is 0.941. The predicted octanol–water partition coefficient (Wildman–Crippen LogP) is 3.35. The summed E-state index contributed by atoms with van der Waals surface area (Å²) < 4.78 is 0. The minimum absolute atomic E-state index is 0.404. The Morgan fingerprint density at radius 2 is 1.33 bits per heavy atom. The van der Waals surface area contributed by atoms with E-state index in [2.05, 4.69) is 58.3 Å². The van der Waals surface area contributed by atoms with Gasteiger partial charge in [0.1, 0.15) is 0 Å². The Morgan fingerprint density at radius 1 is 0.792 bits per heavy atom. The summed E-state index contributed by atoms with van der Waals surface area (Å²) in [6.45, 7) is 4.43. The summed E-state index contributed by atoms with van der Waals surface area (Å²) in [6.07, 6.45) is 4.52. The molecule has 2 aromatic rings. The van der Waals surface area contributed by atoms with E-state index in [0.29, 0.717) is 6.04 Å². The number of nitrogens with two attached hydrogens (primary N) is 1. The van der Waals surface area contributed by atoms with Crippen LogP contribution in [0.4, 0.5) is 11.4 Å². The fourth-order valence-electron chi connectivity index (χ4n) is 4.03. The van der Waals surface area contributed by atoms with Crippen LogP contribution in [0.5, 0.6) is 0 Å². The van der Waals surface area contributed by atoms with E-state index in [1.807, 2.05) is 0 Å². The number of benzene rings is 2. The zero-order chi connectivity index (χ0) is 16.4. The molecule has 2 aliphatic rings. The van der Waals surface area contributed by atoms with Gasteiger partial charge >= 0.3 is 0 Å². The van der Waals surface area contributed by atoms with Crippen LogP contribution in [-0.2, 0) is 12.8 Å². The van der Waals surface area contributed by atoms with Crippen molar-refractivity contribution in [1.82, 2.24) is 4.90 Å². The van der Waals surface area contributed by atoms with Crippen LogP contribution >= 0.6 is 0 Å². The fourth-order valence-corrected chi connectivity index (χ4v) is 4.03. The molecule has 0 unspecified atom stereocenters. The van der Waals surface area contributed by atoms with Gasteiger partial charge in [0, 0.05) is 30.5 Å². The maximum absolute atomic E-state index is 6.05. The molecule has 0 aromatic heterocycles. The van der Waals surface area contributed by atoms with Gasteiger partial charge in [-0.05, 0) is 62.0 Å². The van der Waals surface area contributed by atoms with E-state index in [4.69, 9.17) is 5.73 Å². The highest BCUT2D eigenvalue weighted by molar-refractivity contribution is 5.71. The van der Waals surface area contributed by atoms with Crippen molar-refractivity contribution in [3.8, 4) is 0 Å². The van der Waals surface area contributed by atoms with Gasteiger partial charge in [0.2, 0.25) is 0 Å². The SMILES string of the molecule is NC1CCN(CCN2c3ccccc3CCc3ccccc32)CC1. The highest BCUT2D eigenvalue weighted by atomic mass is 15.2. The number of para-hydroxylation sites is 2. The lowest BCUT2D eigenvalue weighted by Gasteiger charge is -2.33. The van der Waals surface area contributed by atoms with Crippen molar-refractivity contribution in [2.24, 2.45) is 5.73 Å². The zero-order valence-electron chi connectivity index (χ0n) is 14.3. The molecule has 0 aliphatic carbocycles. The third-order valence-corrected chi connectivity index (χ3v) is 5.50. The predicted molar refractivity (Wildman–Crippen MR) is 101 cm³/mol. The number of hydrogen-bond acceptors (Lipinski definition) is 3. The Hall–Kier alpha value is -1.84. The second-order valence-electron chi connectivity index (χ2n) is 7.09. The number of piperidine rings is 1. The van der Waals surface area contributed by atoms with E-state index >= 15 is 0 Å². The van der Waals surface area contributed by atoms with Crippen molar-refractivity contribution >= 4 is 11.4 Å². The van der Waals surface area contributed by atoms with Crippen molar-refractivity contribution < 1.29 is 0 Å². The zero-order valence-corrected chi connectivity index (χ0v) is 14.3. The summed E-state index contributed by atoms with van der Waals surface area (Å²) in [5.41, 5.74) is 11.8. The van der Waals surface area contributed by atoms with Crippen LogP contribution in [0.3, 0.4) is 0 Å². The van der Waals surface area contributed by atoms with Gasteiger partial charge in [-0.1, -0.05) is 36.4 Å². The molecule has 3 heteroatoms. The monoisotopic (exact) mass is 321 g/mol. The van der Waals surface area contributed by atoms with Crippen molar-refractivity contribution in [3.63, 3.8) is 0 Å². The Balaban J connectivity index is 1.58. The number of likely N-dealkylation sites (tertiary alicyclic amines) is 1. The van der Waals surface area contributed by atoms with Crippen molar-refractivity contribution in [2.75, 3.05) is 31.1 Å². The molecule has 0 radical (unpaired) electrons. The van der Waals surface area contributed by atoms with Crippen LogP contribution in [0.2, 0.25) is 0 Å². The Morgan fingerprint density at radius 3 is 1.92 bits per heavy atom. The molecule has 0 bridgehead atoms. The normalized spacial score (nSPS) is 18.8. The summed E-state index contributed by atoms with van der Waals surface area (Å²) in [5.74, 6) is 0. The number of aryl methyl sites for hydroxylation is 2. The first-order valence-electron chi connectivity index (χ1n) is 9.22. The number of fused-ring (bicyclic) bond motifs is 2. The largest absolute Gasteiger partial charge is 0.340 e. The molecular weight excluding hydrogens is 294 g/mol. The van der Waals surface area contributed by atoms with E-state index in [1.165, 1.54) is 22.5 Å². The number of anilines is 2. The summed E-state index contributed by atoms with van der Waals surface area (Å²) in [6, 6.07) is 18.2. The Bertz CT molecular complexity index is 641. The lowest BCUT2D eigenvalue weighted by molar-refractivity contribution is 0.218. The van der Waals surface area contributed by atoms with E-state index in [1.54, 1.807) is 0 Å². The third-order valence-electron chi connectivity index (χ3n) is 5.50. The molecule has 2 heterocycles. The van der Waals surface area contributed by atoms with E-state index in [9.17, 15) is 0 Å². The molecule has 4 rings (SSSR count). The van der Waals surface area contributed by atoms with E-state index in [0.717, 1.165) is 51.9 Å². The van der Waals surface area contributed by atoms with Crippen molar-refractivity contribution in [3.05, 3.63) is 59.7 Å². The van der Waals surface area contributed by atoms with Gasteiger partial charge in [-0.15, -0.1) is 0 Å². The van der Waals surface area contributed by atoms with Gasteiger partial charge in [0.15, 0.2) is 0 Å². The molecular formula is C21H27N3. The highest BCUT2D eigenvalue weighted by Crippen LogP contribution is 2.35. The lowest BCUT2D eigenvalue weighted by Crippen LogP contribution is -2.42. The van der Waals surface area contributed by atoms with Crippen LogP contribution in [-0.4, -0.2) is 37.1 Å². The first-order chi connectivity index (χ1) is 11.8.